The fourth-order valence-electron chi connectivity index (χ4n) is 1.71. The van der Waals surface area contributed by atoms with E-state index in [2.05, 4.69) is 10.3 Å². The van der Waals surface area contributed by atoms with Crippen molar-refractivity contribution in [2.75, 3.05) is 14.1 Å². The first-order valence-corrected chi connectivity index (χ1v) is 9.17. The van der Waals surface area contributed by atoms with Crippen LogP contribution in [0, 0.1) is 6.92 Å². The van der Waals surface area contributed by atoms with Crippen molar-refractivity contribution in [3.8, 4) is 0 Å². The third kappa shape index (κ3) is 3.44. The summed E-state index contributed by atoms with van der Waals surface area (Å²) in [5, 5.41) is 5.85. The zero-order valence-corrected chi connectivity index (χ0v) is 14.0. The summed E-state index contributed by atoms with van der Waals surface area (Å²) in [6, 6.07) is 3.50. The van der Waals surface area contributed by atoms with Gasteiger partial charge in [-0.15, -0.1) is 22.7 Å². The van der Waals surface area contributed by atoms with Crippen molar-refractivity contribution in [3.63, 3.8) is 0 Å². The van der Waals surface area contributed by atoms with Crippen molar-refractivity contribution in [1.29, 1.82) is 0 Å². The molecule has 2 aromatic rings. The molecule has 0 aliphatic heterocycles. The number of thiazole rings is 1. The maximum atomic E-state index is 12.5. The van der Waals surface area contributed by atoms with Gasteiger partial charge in [0.05, 0.1) is 17.2 Å². The van der Waals surface area contributed by atoms with Crippen molar-refractivity contribution < 1.29 is 8.42 Å². The molecule has 0 fully saturated rings. The molecule has 2 rings (SSSR count). The third-order valence-corrected chi connectivity index (χ3v) is 6.88. The molecule has 0 amide bonds. The predicted molar refractivity (Wildman–Crippen MR) is 82.6 cm³/mol. The number of aryl methyl sites for hydroxylation is 1. The molecule has 5 nitrogen and oxygen atoms in total. The molecule has 0 unspecified atom stereocenters. The number of rotatable bonds is 6. The fraction of sp³-hybridized carbons (Fsp3) is 0.417. The van der Waals surface area contributed by atoms with E-state index in [0.29, 0.717) is 17.3 Å². The second kappa shape index (κ2) is 6.31. The lowest BCUT2D eigenvalue weighted by molar-refractivity contribution is 0.464. The van der Waals surface area contributed by atoms with Gasteiger partial charge in [0.15, 0.2) is 0 Å². The van der Waals surface area contributed by atoms with Crippen molar-refractivity contribution in [2.45, 2.75) is 24.2 Å². The second-order valence-corrected chi connectivity index (χ2v) is 8.87. The summed E-state index contributed by atoms with van der Waals surface area (Å²) in [5.74, 6) is 0. The minimum Gasteiger partial charge on any atom is -0.315 e. The Kier molecular flexibility index (Phi) is 4.92. The van der Waals surface area contributed by atoms with E-state index in [1.807, 2.05) is 25.4 Å². The average Bonchev–Trinajstić information content (AvgIpc) is 2.99. The molecular weight excluding hydrogens is 314 g/mol. The van der Waals surface area contributed by atoms with Crippen LogP contribution in [0.1, 0.15) is 15.6 Å². The van der Waals surface area contributed by atoms with Crippen molar-refractivity contribution >= 4 is 32.7 Å². The fourth-order valence-corrected chi connectivity index (χ4v) is 5.04. The molecule has 0 spiro atoms. The largest absolute Gasteiger partial charge is 0.315 e. The summed E-state index contributed by atoms with van der Waals surface area (Å²) in [4.78, 5) is 5.30. The standard InChI is InChI=1S/C12H17N3O2S3/c1-9-14-10(8-18-9)7-15(3)20(16,17)12-5-4-11(19-12)6-13-2/h4-5,8,13H,6-7H2,1-3H3. The van der Waals surface area contributed by atoms with Crippen LogP contribution in [-0.4, -0.2) is 31.8 Å². The van der Waals surface area contributed by atoms with Gasteiger partial charge in [-0.25, -0.2) is 13.4 Å². The van der Waals surface area contributed by atoms with Gasteiger partial charge in [0, 0.05) is 23.8 Å². The van der Waals surface area contributed by atoms with Crippen LogP contribution in [0.3, 0.4) is 0 Å². The highest BCUT2D eigenvalue weighted by molar-refractivity contribution is 7.91. The van der Waals surface area contributed by atoms with Gasteiger partial charge >= 0.3 is 0 Å². The molecule has 1 N–H and O–H groups in total. The van der Waals surface area contributed by atoms with Gasteiger partial charge in [-0.05, 0) is 26.1 Å². The molecule has 8 heteroatoms. The van der Waals surface area contributed by atoms with Crippen LogP contribution < -0.4 is 5.32 Å². The van der Waals surface area contributed by atoms with Gasteiger partial charge < -0.3 is 5.32 Å². The number of thiophene rings is 1. The Hall–Kier alpha value is -0.800. The van der Waals surface area contributed by atoms with E-state index in [1.54, 1.807) is 13.1 Å². The van der Waals surface area contributed by atoms with Gasteiger partial charge in [-0.1, -0.05) is 0 Å². The van der Waals surface area contributed by atoms with E-state index < -0.39 is 10.0 Å². The highest BCUT2D eigenvalue weighted by Gasteiger charge is 2.23. The Morgan fingerprint density at radius 1 is 1.40 bits per heavy atom. The van der Waals surface area contributed by atoms with E-state index >= 15 is 0 Å². The number of sulfonamides is 1. The molecule has 2 aromatic heterocycles. The zero-order chi connectivity index (χ0) is 14.8. The van der Waals surface area contributed by atoms with Crippen molar-refractivity contribution in [2.24, 2.45) is 0 Å². The number of hydrogen-bond acceptors (Lipinski definition) is 6. The van der Waals surface area contributed by atoms with Crippen LogP contribution in [0.2, 0.25) is 0 Å². The molecule has 20 heavy (non-hydrogen) atoms. The maximum absolute atomic E-state index is 12.5. The van der Waals surface area contributed by atoms with Crippen LogP contribution in [0.25, 0.3) is 0 Å². The van der Waals surface area contributed by atoms with Gasteiger partial charge in [-0.2, -0.15) is 4.31 Å². The average molecular weight is 331 g/mol. The first-order valence-electron chi connectivity index (χ1n) is 6.04. The number of hydrogen-bond donors (Lipinski definition) is 1. The van der Waals surface area contributed by atoms with Crippen molar-refractivity contribution in [1.82, 2.24) is 14.6 Å². The summed E-state index contributed by atoms with van der Waals surface area (Å²) < 4.78 is 26.6. The Morgan fingerprint density at radius 2 is 2.15 bits per heavy atom. The monoisotopic (exact) mass is 331 g/mol. The number of nitrogens with zero attached hydrogens (tertiary/aromatic N) is 2. The molecule has 110 valence electrons. The summed E-state index contributed by atoms with van der Waals surface area (Å²) >= 11 is 2.82. The summed E-state index contributed by atoms with van der Waals surface area (Å²) in [6.07, 6.45) is 0. The van der Waals surface area contributed by atoms with Crippen molar-refractivity contribution in [3.05, 3.63) is 33.1 Å². The maximum Gasteiger partial charge on any atom is 0.252 e. The van der Waals surface area contributed by atoms with Crippen LogP contribution in [0.5, 0.6) is 0 Å². The molecule has 0 radical (unpaired) electrons. The third-order valence-electron chi connectivity index (χ3n) is 2.70. The SMILES string of the molecule is CNCc1ccc(S(=O)(=O)N(C)Cc2csc(C)n2)s1. The second-order valence-electron chi connectivity index (χ2n) is 4.37. The number of aromatic nitrogens is 1. The molecular formula is C12H17N3O2S3. The summed E-state index contributed by atoms with van der Waals surface area (Å²) in [5.41, 5.74) is 0.783. The zero-order valence-electron chi connectivity index (χ0n) is 11.6. The predicted octanol–water partition coefficient (Wildman–Crippen LogP) is 2.05. The summed E-state index contributed by atoms with van der Waals surface area (Å²) in [7, 11) is -0.0140. The Labute approximate surface area is 127 Å². The molecule has 0 saturated carbocycles. The minimum atomic E-state index is -3.44. The molecule has 0 aliphatic carbocycles. The van der Waals surface area contributed by atoms with E-state index in [9.17, 15) is 8.42 Å². The van der Waals surface area contributed by atoms with E-state index in [1.165, 1.54) is 27.0 Å². The lowest BCUT2D eigenvalue weighted by atomic mass is 10.5. The van der Waals surface area contributed by atoms with Crippen LogP contribution in [-0.2, 0) is 23.1 Å². The summed E-state index contributed by atoms with van der Waals surface area (Å²) in [6.45, 7) is 2.88. The smallest absolute Gasteiger partial charge is 0.252 e. The molecule has 0 aliphatic rings. The Balaban J connectivity index is 2.15. The Bertz CT molecular complexity index is 676. The topological polar surface area (TPSA) is 62.3 Å². The Morgan fingerprint density at radius 3 is 2.75 bits per heavy atom. The minimum absolute atomic E-state index is 0.298. The molecule has 0 bridgehead atoms. The quantitative estimate of drug-likeness (QED) is 0.880. The van der Waals surface area contributed by atoms with E-state index in [0.717, 1.165) is 15.6 Å². The lowest BCUT2D eigenvalue weighted by Crippen LogP contribution is -2.25. The highest BCUT2D eigenvalue weighted by Crippen LogP contribution is 2.25. The highest BCUT2D eigenvalue weighted by atomic mass is 32.2. The first-order chi connectivity index (χ1) is 9.43. The normalized spacial score (nSPS) is 12.2. The van der Waals surface area contributed by atoms with Gasteiger partial charge in [0.25, 0.3) is 10.0 Å². The van der Waals surface area contributed by atoms with Crippen LogP contribution in [0.4, 0.5) is 0 Å². The molecule has 0 atom stereocenters. The van der Waals surface area contributed by atoms with Crippen LogP contribution >= 0.6 is 22.7 Å². The lowest BCUT2D eigenvalue weighted by Gasteiger charge is -2.14. The number of nitrogens with one attached hydrogen (secondary N) is 1. The molecule has 2 heterocycles. The first kappa shape index (κ1) is 15.6. The van der Waals surface area contributed by atoms with E-state index in [-0.39, 0.29) is 0 Å². The van der Waals surface area contributed by atoms with Gasteiger partial charge in [-0.3, -0.25) is 0 Å². The molecule has 0 saturated heterocycles. The van der Waals surface area contributed by atoms with Gasteiger partial charge in [0.1, 0.15) is 4.21 Å². The van der Waals surface area contributed by atoms with Gasteiger partial charge in [0.2, 0.25) is 0 Å². The molecule has 0 aromatic carbocycles. The van der Waals surface area contributed by atoms with Crippen LogP contribution in [0.15, 0.2) is 21.7 Å². The van der Waals surface area contributed by atoms with E-state index in [4.69, 9.17) is 0 Å².